The number of hydrogen-bond acceptors (Lipinski definition) is 5. The van der Waals surface area contributed by atoms with E-state index in [9.17, 15) is 13.2 Å². The van der Waals surface area contributed by atoms with E-state index in [0.29, 0.717) is 31.1 Å². The van der Waals surface area contributed by atoms with Crippen molar-refractivity contribution in [3.05, 3.63) is 11.7 Å². The zero-order valence-corrected chi connectivity index (χ0v) is 13.1. The molecule has 1 aliphatic heterocycles. The number of aryl methyl sites for hydroxylation is 1. The number of alkyl halides is 3. The molecule has 1 aromatic rings. The smallest absolute Gasteiger partial charge is 0.364 e. The van der Waals surface area contributed by atoms with Crippen LogP contribution in [0.4, 0.5) is 13.2 Å². The normalized spacial score (nSPS) is 32.3. The van der Waals surface area contributed by atoms with E-state index >= 15 is 0 Å². The van der Waals surface area contributed by atoms with E-state index in [2.05, 4.69) is 15.5 Å². The van der Waals surface area contributed by atoms with Crippen molar-refractivity contribution in [2.75, 3.05) is 6.54 Å². The predicted octanol–water partition coefficient (Wildman–Crippen LogP) is 3.31. The van der Waals surface area contributed by atoms with Gasteiger partial charge in [-0.15, -0.1) is 0 Å². The van der Waals surface area contributed by atoms with E-state index in [0.717, 1.165) is 12.8 Å². The average Bonchev–Trinajstić information content (AvgIpc) is 3.13. The summed E-state index contributed by atoms with van der Waals surface area (Å²) in [7, 11) is 0. The van der Waals surface area contributed by atoms with Gasteiger partial charge in [-0.25, -0.2) is 0 Å². The topological polar surface area (TPSA) is 60.2 Å². The maximum absolute atomic E-state index is 12.6. The molecule has 1 saturated heterocycles. The fourth-order valence-electron chi connectivity index (χ4n) is 3.40. The number of hydrogen-bond donors (Lipinski definition) is 1. The second kappa shape index (κ2) is 6.76. The van der Waals surface area contributed by atoms with E-state index in [1.807, 2.05) is 0 Å². The monoisotopic (exact) mass is 333 g/mol. The molecule has 2 atom stereocenters. The van der Waals surface area contributed by atoms with Gasteiger partial charge < -0.3 is 14.6 Å². The molecule has 0 unspecified atom stereocenters. The van der Waals surface area contributed by atoms with Crippen LogP contribution in [0.3, 0.4) is 0 Å². The lowest BCUT2D eigenvalue weighted by atomic mass is 9.85. The molecule has 1 N–H and O–H groups in total. The summed E-state index contributed by atoms with van der Waals surface area (Å²) in [4.78, 5) is 4.18. The molecular formula is C15H22F3N3O2. The molecule has 0 radical (unpaired) electrons. The van der Waals surface area contributed by atoms with Gasteiger partial charge in [0.25, 0.3) is 5.89 Å². The number of halogens is 3. The highest BCUT2D eigenvalue weighted by atomic mass is 19.4. The number of ether oxygens (including phenoxy) is 1. The minimum Gasteiger partial charge on any atom is -0.364 e. The summed E-state index contributed by atoms with van der Waals surface area (Å²) in [5.74, 6) is -0.0317. The van der Waals surface area contributed by atoms with Crippen molar-refractivity contribution in [3.8, 4) is 0 Å². The molecule has 2 heterocycles. The van der Waals surface area contributed by atoms with Crippen molar-refractivity contribution in [2.24, 2.45) is 5.92 Å². The quantitative estimate of drug-likeness (QED) is 0.916. The molecule has 5 nitrogen and oxygen atoms in total. The van der Waals surface area contributed by atoms with E-state index in [4.69, 9.17) is 9.26 Å². The highest BCUT2D eigenvalue weighted by molar-refractivity contribution is 4.92. The van der Waals surface area contributed by atoms with Crippen LogP contribution in [-0.2, 0) is 4.74 Å². The molecule has 0 amide bonds. The standard InChI is InChI=1S/C15H22F3N3O2/c1-9-20-14(23-21-9)13-7-6-12(22-13)8-19-11-4-2-10(3-5-11)15(16,17)18/h10-13,19H,2-8H2,1H3/t10?,11?,12-,13+/m1/s1. The Kier molecular flexibility index (Phi) is 4.91. The summed E-state index contributed by atoms with van der Waals surface area (Å²) in [6.07, 6.45) is -0.864. The fourth-order valence-corrected chi connectivity index (χ4v) is 3.40. The van der Waals surface area contributed by atoms with Crippen LogP contribution >= 0.6 is 0 Å². The minimum atomic E-state index is -4.05. The Labute approximate surface area is 133 Å². The third-order valence-electron chi connectivity index (χ3n) is 4.75. The minimum absolute atomic E-state index is 0.0487. The van der Waals surface area contributed by atoms with E-state index in [1.165, 1.54) is 0 Å². The number of nitrogens with one attached hydrogen (secondary N) is 1. The number of nitrogens with zero attached hydrogens (tertiary/aromatic N) is 2. The molecule has 130 valence electrons. The van der Waals surface area contributed by atoms with Gasteiger partial charge in [-0.3, -0.25) is 0 Å². The number of rotatable bonds is 4. The summed E-state index contributed by atoms with van der Waals surface area (Å²) < 4.78 is 48.9. The SMILES string of the molecule is Cc1noc([C@@H]2CC[C@H](CNC3CCC(C(F)(F)F)CC3)O2)n1. The molecule has 3 rings (SSSR count). The lowest BCUT2D eigenvalue weighted by Gasteiger charge is -2.31. The van der Waals surface area contributed by atoms with Gasteiger partial charge in [0, 0.05) is 12.6 Å². The van der Waals surface area contributed by atoms with Crippen LogP contribution in [0.2, 0.25) is 0 Å². The Morgan fingerprint density at radius 2 is 1.87 bits per heavy atom. The van der Waals surface area contributed by atoms with Gasteiger partial charge in [-0.05, 0) is 45.4 Å². The first kappa shape index (κ1) is 16.7. The first-order chi connectivity index (χ1) is 10.9. The van der Waals surface area contributed by atoms with Crippen molar-refractivity contribution in [1.29, 1.82) is 0 Å². The van der Waals surface area contributed by atoms with Crippen LogP contribution in [0, 0.1) is 12.8 Å². The molecule has 0 spiro atoms. The zero-order valence-electron chi connectivity index (χ0n) is 13.1. The summed E-state index contributed by atoms with van der Waals surface area (Å²) in [6.45, 7) is 2.42. The van der Waals surface area contributed by atoms with Crippen LogP contribution in [0.15, 0.2) is 4.52 Å². The maximum atomic E-state index is 12.6. The molecule has 23 heavy (non-hydrogen) atoms. The van der Waals surface area contributed by atoms with Gasteiger partial charge in [0.15, 0.2) is 5.82 Å². The van der Waals surface area contributed by atoms with Gasteiger partial charge >= 0.3 is 6.18 Å². The molecule has 2 aliphatic rings. The molecule has 0 aromatic carbocycles. The Hall–Kier alpha value is -1.15. The van der Waals surface area contributed by atoms with Crippen LogP contribution in [0.1, 0.15) is 56.3 Å². The van der Waals surface area contributed by atoms with Crippen molar-refractivity contribution in [2.45, 2.75) is 69.9 Å². The van der Waals surface area contributed by atoms with Gasteiger partial charge in [-0.2, -0.15) is 18.2 Å². The Morgan fingerprint density at radius 3 is 2.48 bits per heavy atom. The first-order valence-corrected chi connectivity index (χ1v) is 8.17. The largest absolute Gasteiger partial charge is 0.391 e. The summed E-state index contributed by atoms with van der Waals surface area (Å²) in [5, 5.41) is 7.11. The van der Waals surface area contributed by atoms with Crippen molar-refractivity contribution in [3.63, 3.8) is 0 Å². The molecule has 0 bridgehead atoms. The number of aromatic nitrogens is 2. The van der Waals surface area contributed by atoms with Gasteiger partial charge in [0.05, 0.1) is 12.0 Å². The lowest BCUT2D eigenvalue weighted by molar-refractivity contribution is -0.182. The van der Waals surface area contributed by atoms with Gasteiger partial charge in [0.1, 0.15) is 6.10 Å². The van der Waals surface area contributed by atoms with E-state index in [1.54, 1.807) is 6.92 Å². The van der Waals surface area contributed by atoms with Crippen LogP contribution < -0.4 is 5.32 Å². The van der Waals surface area contributed by atoms with E-state index in [-0.39, 0.29) is 31.1 Å². The third-order valence-corrected chi connectivity index (χ3v) is 4.75. The third kappa shape index (κ3) is 4.23. The van der Waals surface area contributed by atoms with Crippen molar-refractivity contribution < 1.29 is 22.4 Å². The first-order valence-electron chi connectivity index (χ1n) is 8.17. The van der Waals surface area contributed by atoms with Crippen molar-refractivity contribution >= 4 is 0 Å². The second-order valence-corrected chi connectivity index (χ2v) is 6.50. The fraction of sp³-hybridized carbons (Fsp3) is 0.867. The highest BCUT2D eigenvalue weighted by Crippen LogP contribution is 2.37. The molecule has 1 saturated carbocycles. The molecular weight excluding hydrogens is 311 g/mol. The van der Waals surface area contributed by atoms with Crippen LogP contribution in [0.5, 0.6) is 0 Å². The van der Waals surface area contributed by atoms with Crippen LogP contribution in [-0.4, -0.2) is 35.0 Å². The molecule has 8 heteroatoms. The van der Waals surface area contributed by atoms with E-state index < -0.39 is 12.1 Å². The summed E-state index contributed by atoms with van der Waals surface area (Å²) in [6, 6.07) is 0.155. The molecule has 2 fully saturated rings. The molecule has 1 aliphatic carbocycles. The lowest BCUT2D eigenvalue weighted by Crippen LogP contribution is -2.40. The average molecular weight is 333 g/mol. The maximum Gasteiger partial charge on any atom is 0.391 e. The Bertz CT molecular complexity index is 512. The second-order valence-electron chi connectivity index (χ2n) is 6.50. The Balaban J connectivity index is 1.39. The zero-order chi connectivity index (χ0) is 16.4. The highest BCUT2D eigenvalue weighted by Gasteiger charge is 2.41. The van der Waals surface area contributed by atoms with Crippen LogP contribution in [0.25, 0.3) is 0 Å². The van der Waals surface area contributed by atoms with Gasteiger partial charge in [-0.1, -0.05) is 5.16 Å². The predicted molar refractivity (Wildman–Crippen MR) is 75.7 cm³/mol. The van der Waals surface area contributed by atoms with Gasteiger partial charge in [0.2, 0.25) is 0 Å². The molecule has 1 aromatic heterocycles. The Morgan fingerprint density at radius 1 is 1.13 bits per heavy atom. The van der Waals surface area contributed by atoms with Crippen molar-refractivity contribution in [1.82, 2.24) is 15.5 Å². The summed E-state index contributed by atoms with van der Waals surface area (Å²) in [5.41, 5.74) is 0. The summed E-state index contributed by atoms with van der Waals surface area (Å²) >= 11 is 0.